The van der Waals surface area contributed by atoms with Crippen LogP contribution in [-0.2, 0) is 12.8 Å². The van der Waals surface area contributed by atoms with Crippen molar-refractivity contribution in [3.63, 3.8) is 0 Å². The van der Waals surface area contributed by atoms with Crippen LogP contribution in [0.15, 0.2) is 24.3 Å². The second-order valence-electron chi connectivity index (χ2n) is 6.86. The summed E-state index contributed by atoms with van der Waals surface area (Å²) in [6.07, 6.45) is 5.94. The Kier molecular flexibility index (Phi) is 8.97. The van der Waals surface area contributed by atoms with Gasteiger partial charge in [-0.2, -0.15) is 0 Å². The van der Waals surface area contributed by atoms with E-state index in [2.05, 4.69) is 13.8 Å². The number of unbranched alkanes of at least 4 members (excludes halogenated alkanes) is 2. The van der Waals surface area contributed by atoms with Crippen molar-refractivity contribution in [3.05, 3.63) is 35.4 Å². The molecule has 0 heterocycles. The Morgan fingerprint density at radius 2 is 0.931 bits per heavy atom. The predicted octanol–water partition coefficient (Wildman–Crippen LogP) is 6.20. The smallest absolute Gasteiger partial charge is 0.167 e. The van der Waals surface area contributed by atoms with Gasteiger partial charge in [0, 0.05) is 11.1 Å². The largest absolute Gasteiger partial charge is 0.493 e. The maximum atomic E-state index is 6.45. The zero-order chi connectivity index (χ0) is 21.2. The van der Waals surface area contributed by atoms with Gasteiger partial charge in [-0.15, -0.1) is 0 Å². The Labute approximate surface area is 174 Å². The van der Waals surface area contributed by atoms with Crippen LogP contribution in [0.1, 0.15) is 50.7 Å². The second kappa shape index (κ2) is 11.4. The van der Waals surface area contributed by atoms with Gasteiger partial charge >= 0.3 is 0 Å². The first kappa shape index (κ1) is 22.7. The van der Waals surface area contributed by atoms with E-state index in [-0.39, 0.29) is 0 Å². The minimum Gasteiger partial charge on any atom is -0.493 e. The maximum Gasteiger partial charge on any atom is 0.167 e. The first-order valence-corrected chi connectivity index (χ1v) is 10.3. The lowest BCUT2D eigenvalue weighted by atomic mass is 10.0. The van der Waals surface area contributed by atoms with Crippen LogP contribution in [-0.4, -0.2) is 28.4 Å². The van der Waals surface area contributed by atoms with E-state index in [9.17, 15) is 0 Å². The quantitative estimate of drug-likeness (QED) is 0.423. The van der Waals surface area contributed by atoms with E-state index in [1.165, 1.54) is 0 Å². The second-order valence-corrected chi connectivity index (χ2v) is 6.86. The van der Waals surface area contributed by atoms with E-state index in [1.54, 1.807) is 28.4 Å². The van der Waals surface area contributed by atoms with Gasteiger partial charge in [0.1, 0.15) is 11.5 Å². The van der Waals surface area contributed by atoms with Gasteiger partial charge in [0.25, 0.3) is 0 Å². The Morgan fingerprint density at radius 3 is 1.24 bits per heavy atom. The number of rotatable bonds is 12. The van der Waals surface area contributed by atoms with E-state index in [4.69, 9.17) is 23.7 Å². The number of benzene rings is 2. The molecule has 0 radical (unpaired) electrons. The van der Waals surface area contributed by atoms with Gasteiger partial charge in [-0.1, -0.05) is 26.7 Å². The molecule has 5 heteroatoms. The highest BCUT2D eigenvalue weighted by Crippen LogP contribution is 2.44. The average Bonchev–Trinajstić information content (AvgIpc) is 2.76. The molecule has 0 fully saturated rings. The Bertz CT molecular complexity index is 720. The fraction of sp³-hybridized carbons (Fsp3) is 0.500. The zero-order valence-electron chi connectivity index (χ0n) is 18.6. The first-order chi connectivity index (χ1) is 14.1. The lowest BCUT2D eigenvalue weighted by molar-refractivity contribution is 0.342. The van der Waals surface area contributed by atoms with Gasteiger partial charge in [-0.3, -0.25) is 0 Å². The molecule has 160 valence electrons. The number of hydrogen-bond donors (Lipinski definition) is 0. The summed E-state index contributed by atoms with van der Waals surface area (Å²) >= 11 is 0. The van der Waals surface area contributed by atoms with Crippen LogP contribution in [0.25, 0.3) is 0 Å². The van der Waals surface area contributed by atoms with E-state index >= 15 is 0 Å². The van der Waals surface area contributed by atoms with Crippen molar-refractivity contribution in [3.8, 4) is 34.5 Å². The summed E-state index contributed by atoms with van der Waals surface area (Å²) in [4.78, 5) is 0. The summed E-state index contributed by atoms with van der Waals surface area (Å²) < 4.78 is 28.8. The van der Waals surface area contributed by atoms with Crippen molar-refractivity contribution in [1.29, 1.82) is 0 Å². The summed E-state index contributed by atoms with van der Waals surface area (Å²) in [6, 6.07) is 7.67. The highest BCUT2D eigenvalue weighted by atomic mass is 16.5. The summed E-state index contributed by atoms with van der Waals surface area (Å²) in [6.45, 7) is 4.34. The Morgan fingerprint density at radius 1 is 0.552 bits per heavy atom. The lowest BCUT2D eigenvalue weighted by Crippen LogP contribution is -2.03. The van der Waals surface area contributed by atoms with E-state index < -0.39 is 0 Å². The molecule has 0 aliphatic rings. The Hall–Kier alpha value is -2.56. The summed E-state index contributed by atoms with van der Waals surface area (Å²) in [5.41, 5.74) is 2.04. The van der Waals surface area contributed by atoms with Crippen molar-refractivity contribution < 1.29 is 23.7 Å². The van der Waals surface area contributed by atoms with Gasteiger partial charge < -0.3 is 23.7 Å². The fourth-order valence-electron chi connectivity index (χ4n) is 3.44. The minimum absolute atomic E-state index is 0.712. The summed E-state index contributed by atoms with van der Waals surface area (Å²) in [5, 5.41) is 0. The molecule has 0 bridgehead atoms. The van der Waals surface area contributed by atoms with Gasteiger partial charge in [0.15, 0.2) is 23.0 Å². The fourth-order valence-corrected chi connectivity index (χ4v) is 3.44. The molecule has 0 amide bonds. The lowest BCUT2D eigenvalue weighted by Gasteiger charge is -2.20. The van der Waals surface area contributed by atoms with Gasteiger partial charge in [-0.25, -0.2) is 0 Å². The van der Waals surface area contributed by atoms with E-state index in [0.29, 0.717) is 11.5 Å². The molecule has 0 aromatic heterocycles. The van der Waals surface area contributed by atoms with Crippen molar-refractivity contribution in [2.75, 3.05) is 28.4 Å². The van der Waals surface area contributed by atoms with Crippen LogP contribution in [0.3, 0.4) is 0 Å². The first-order valence-electron chi connectivity index (χ1n) is 10.3. The molecule has 0 atom stereocenters. The molecule has 2 rings (SSSR count). The van der Waals surface area contributed by atoms with Crippen molar-refractivity contribution in [1.82, 2.24) is 0 Å². The highest BCUT2D eigenvalue weighted by molar-refractivity contribution is 5.58. The number of methoxy groups -OCH3 is 4. The third-order valence-corrected chi connectivity index (χ3v) is 4.99. The van der Waals surface area contributed by atoms with Gasteiger partial charge in [-0.05, 0) is 49.9 Å². The molecule has 0 saturated heterocycles. The standard InChI is InChI=1S/C24H34O5/c1-7-9-11-17-19(13-15-21(25-3)23(17)27-5)29-20-14-16-22(26-4)24(28-6)18(20)12-10-8-2/h13-16H,7-12H2,1-6H3. The summed E-state index contributed by atoms with van der Waals surface area (Å²) in [7, 11) is 6.64. The molecular weight excluding hydrogens is 368 g/mol. The van der Waals surface area contributed by atoms with Gasteiger partial charge in [0.2, 0.25) is 0 Å². The molecule has 5 nitrogen and oxygen atoms in total. The van der Waals surface area contributed by atoms with Crippen LogP contribution < -0.4 is 23.7 Å². The SMILES string of the molecule is CCCCc1c(Oc2ccc(OC)c(OC)c2CCCC)ccc(OC)c1OC. The molecule has 29 heavy (non-hydrogen) atoms. The monoisotopic (exact) mass is 402 g/mol. The maximum absolute atomic E-state index is 6.45. The predicted molar refractivity (Wildman–Crippen MR) is 116 cm³/mol. The highest BCUT2D eigenvalue weighted by Gasteiger charge is 2.20. The molecule has 2 aromatic carbocycles. The zero-order valence-corrected chi connectivity index (χ0v) is 18.6. The van der Waals surface area contributed by atoms with Crippen LogP contribution in [0.5, 0.6) is 34.5 Å². The van der Waals surface area contributed by atoms with E-state index in [1.807, 2.05) is 24.3 Å². The molecule has 0 spiro atoms. The third-order valence-electron chi connectivity index (χ3n) is 4.99. The average molecular weight is 403 g/mol. The molecule has 0 unspecified atom stereocenters. The van der Waals surface area contributed by atoms with E-state index in [0.717, 1.165) is 72.6 Å². The molecular formula is C24H34O5. The van der Waals surface area contributed by atoms with Crippen molar-refractivity contribution >= 4 is 0 Å². The Balaban J connectivity index is 2.54. The van der Waals surface area contributed by atoms with Crippen LogP contribution in [0.4, 0.5) is 0 Å². The number of hydrogen-bond acceptors (Lipinski definition) is 5. The minimum atomic E-state index is 0.712. The van der Waals surface area contributed by atoms with Crippen molar-refractivity contribution in [2.24, 2.45) is 0 Å². The molecule has 2 aromatic rings. The van der Waals surface area contributed by atoms with Gasteiger partial charge in [0.05, 0.1) is 28.4 Å². The summed E-state index contributed by atoms with van der Waals surface area (Å²) in [5.74, 6) is 4.44. The normalized spacial score (nSPS) is 10.6. The molecule has 0 N–H and O–H groups in total. The molecule has 0 aliphatic heterocycles. The molecule has 0 saturated carbocycles. The van der Waals surface area contributed by atoms with Crippen molar-refractivity contribution in [2.45, 2.75) is 52.4 Å². The molecule has 0 aliphatic carbocycles. The number of ether oxygens (including phenoxy) is 5. The topological polar surface area (TPSA) is 46.2 Å². The van der Waals surface area contributed by atoms with Crippen LogP contribution in [0.2, 0.25) is 0 Å². The van der Waals surface area contributed by atoms with Crippen LogP contribution >= 0.6 is 0 Å². The third kappa shape index (κ3) is 5.28. The van der Waals surface area contributed by atoms with Crippen LogP contribution in [0, 0.1) is 0 Å².